The van der Waals surface area contributed by atoms with Gasteiger partial charge in [0.05, 0.1) is 30.0 Å². The number of hydrogen-bond donors (Lipinski definition) is 1. The van der Waals surface area contributed by atoms with Crippen molar-refractivity contribution in [2.45, 2.75) is 6.18 Å². The number of anilines is 2. The molecule has 0 aromatic heterocycles. The Morgan fingerprint density at radius 2 is 1.77 bits per heavy atom. The Balaban J connectivity index is 1.87. The molecule has 0 saturated carbocycles. The summed E-state index contributed by atoms with van der Waals surface area (Å²) in [6, 6.07) is 8.59. The third kappa shape index (κ3) is 3.96. The minimum Gasteiger partial charge on any atom is -0.378 e. The van der Waals surface area contributed by atoms with E-state index in [1.54, 1.807) is 24.3 Å². The number of ether oxygens (including phenoxy) is 1. The number of nitrogens with zero attached hydrogens (tertiary/aromatic N) is 1. The van der Waals surface area contributed by atoms with Gasteiger partial charge >= 0.3 is 6.18 Å². The molecule has 2 aromatic carbocycles. The van der Waals surface area contributed by atoms with E-state index in [-0.39, 0.29) is 5.56 Å². The predicted octanol–water partition coefficient (Wildman–Crippen LogP) is 3.93. The zero-order chi connectivity index (χ0) is 18.7. The monoisotopic (exact) mass is 368 g/mol. The molecular formula is C18H16F4N2O2. The van der Waals surface area contributed by atoms with Crippen molar-refractivity contribution in [1.29, 1.82) is 0 Å². The zero-order valence-electron chi connectivity index (χ0n) is 13.6. The van der Waals surface area contributed by atoms with Crippen LogP contribution < -0.4 is 10.2 Å². The number of alkyl halides is 3. The average Bonchev–Trinajstić information content (AvgIpc) is 2.63. The van der Waals surface area contributed by atoms with Crippen molar-refractivity contribution in [3.8, 4) is 0 Å². The van der Waals surface area contributed by atoms with Crippen LogP contribution in [-0.2, 0) is 10.9 Å². The van der Waals surface area contributed by atoms with Crippen LogP contribution in [-0.4, -0.2) is 32.2 Å². The van der Waals surface area contributed by atoms with Crippen LogP contribution in [0.15, 0.2) is 42.5 Å². The molecule has 1 saturated heterocycles. The van der Waals surface area contributed by atoms with E-state index in [0.717, 1.165) is 0 Å². The second kappa shape index (κ2) is 7.33. The normalized spacial score (nSPS) is 15.0. The van der Waals surface area contributed by atoms with Crippen molar-refractivity contribution < 1.29 is 27.1 Å². The lowest BCUT2D eigenvalue weighted by Gasteiger charge is -2.30. The third-order valence-corrected chi connectivity index (χ3v) is 4.04. The highest BCUT2D eigenvalue weighted by Crippen LogP contribution is 2.32. The first-order valence-electron chi connectivity index (χ1n) is 7.96. The van der Waals surface area contributed by atoms with Crippen LogP contribution in [0.4, 0.5) is 28.9 Å². The molecule has 1 N–H and O–H groups in total. The van der Waals surface area contributed by atoms with Gasteiger partial charge in [-0.05, 0) is 30.3 Å². The van der Waals surface area contributed by atoms with E-state index in [0.29, 0.717) is 50.2 Å². The summed E-state index contributed by atoms with van der Waals surface area (Å²) in [5, 5.41) is 2.25. The highest BCUT2D eigenvalue weighted by Gasteiger charge is 2.31. The average molecular weight is 368 g/mol. The molecular weight excluding hydrogens is 352 g/mol. The summed E-state index contributed by atoms with van der Waals surface area (Å²) in [5.41, 5.74) is -0.663. The summed E-state index contributed by atoms with van der Waals surface area (Å²) in [6.45, 7) is 2.20. The Hall–Kier alpha value is -2.61. The van der Waals surface area contributed by atoms with E-state index < -0.39 is 29.2 Å². The number of hydrogen-bond acceptors (Lipinski definition) is 3. The van der Waals surface area contributed by atoms with E-state index in [1.165, 1.54) is 0 Å². The molecule has 0 unspecified atom stereocenters. The molecule has 1 fully saturated rings. The van der Waals surface area contributed by atoms with Gasteiger partial charge in [0.1, 0.15) is 5.82 Å². The predicted molar refractivity (Wildman–Crippen MR) is 88.8 cm³/mol. The van der Waals surface area contributed by atoms with E-state index in [9.17, 15) is 22.4 Å². The van der Waals surface area contributed by atoms with Crippen LogP contribution >= 0.6 is 0 Å². The van der Waals surface area contributed by atoms with Gasteiger partial charge in [0.25, 0.3) is 5.91 Å². The van der Waals surface area contributed by atoms with Crippen LogP contribution in [0.25, 0.3) is 0 Å². The summed E-state index contributed by atoms with van der Waals surface area (Å²) in [7, 11) is 0. The molecule has 0 aliphatic carbocycles. The lowest BCUT2D eigenvalue weighted by Crippen LogP contribution is -2.37. The molecule has 0 spiro atoms. The Morgan fingerprint density at radius 1 is 1.08 bits per heavy atom. The minimum absolute atomic E-state index is 0.256. The van der Waals surface area contributed by atoms with Crippen molar-refractivity contribution in [2.24, 2.45) is 0 Å². The first-order valence-corrected chi connectivity index (χ1v) is 7.96. The van der Waals surface area contributed by atoms with Gasteiger partial charge in [-0.3, -0.25) is 4.79 Å². The maximum Gasteiger partial charge on any atom is 0.416 e. The quantitative estimate of drug-likeness (QED) is 0.835. The van der Waals surface area contributed by atoms with Crippen LogP contribution in [0.5, 0.6) is 0 Å². The van der Waals surface area contributed by atoms with Gasteiger partial charge in [-0.2, -0.15) is 13.2 Å². The molecule has 0 radical (unpaired) electrons. The van der Waals surface area contributed by atoms with Crippen LogP contribution in [0, 0.1) is 5.82 Å². The van der Waals surface area contributed by atoms with Gasteiger partial charge in [-0.25, -0.2) is 4.39 Å². The molecule has 26 heavy (non-hydrogen) atoms. The van der Waals surface area contributed by atoms with E-state index in [2.05, 4.69) is 5.32 Å². The van der Waals surface area contributed by atoms with Gasteiger partial charge < -0.3 is 15.0 Å². The Bertz CT molecular complexity index is 802. The number of amides is 1. The summed E-state index contributed by atoms with van der Waals surface area (Å²) < 4.78 is 57.6. The van der Waals surface area contributed by atoms with Gasteiger partial charge in [-0.1, -0.05) is 12.1 Å². The lowest BCUT2D eigenvalue weighted by atomic mass is 10.1. The fourth-order valence-electron chi connectivity index (χ4n) is 2.73. The second-order valence-electron chi connectivity index (χ2n) is 5.76. The highest BCUT2D eigenvalue weighted by molar-refractivity contribution is 6.08. The third-order valence-electron chi connectivity index (χ3n) is 4.04. The Kier molecular flexibility index (Phi) is 5.13. The van der Waals surface area contributed by atoms with Gasteiger partial charge in [0, 0.05) is 18.8 Å². The fourth-order valence-corrected chi connectivity index (χ4v) is 2.73. The topological polar surface area (TPSA) is 41.6 Å². The minimum atomic E-state index is -4.63. The van der Waals surface area contributed by atoms with Gasteiger partial charge in [0.15, 0.2) is 0 Å². The van der Waals surface area contributed by atoms with Gasteiger partial charge in [0.2, 0.25) is 0 Å². The molecule has 1 aliphatic heterocycles. The van der Waals surface area contributed by atoms with Gasteiger partial charge in [-0.15, -0.1) is 0 Å². The van der Waals surface area contributed by atoms with E-state index >= 15 is 0 Å². The molecule has 2 aromatic rings. The van der Waals surface area contributed by atoms with Crippen LogP contribution in [0.1, 0.15) is 15.9 Å². The van der Waals surface area contributed by atoms with E-state index in [4.69, 9.17) is 4.74 Å². The lowest BCUT2D eigenvalue weighted by molar-refractivity contribution is -0.137. The number of nitrogens with one attached hydrogen (secondary N) is 1. The van der Waals surface area contributed by atoms with Crippen LogP contribution in [0.3, 0.4) is 0 Å². The van der Waals surface area contributed by atoms with Crippen LogP contribution in [0.2, 0.25) is 0 Å². The number of rotatable bonds is 3. The molecule has 1 heterocycles. The number of carbonyl (C=O) groups excluding carboxylic acids is 1. The van der Waals surface area contributed by atoms with Crippen molar-refractivity contribution in [1.82, 2.24) is 0 Å². The SMILES string of the molecule is O=C(Nc1cc(C(F)(F)F)ccc1F)c1ccccc1N1CCOCC1. The number of morpholine rings is 1. The number of halogens is 4. The molecule has 1 aliphatic rings. The molecule has 0 bridgehead atoms. The molecule has 138 valence electrons. The summed E-state index contributed by atoms with van der Waals surface area (Å²) >= 11 is 0. The molecule has 4 nitrogen and oxygen atoms in total. The maximum atomic E-state index is 13.9. The summed E-state index contributed by atoms with van der Waals surface area (Å²) in [6.07, 6.45) is -4.63. The number of carbonyl (C=O) groups is 1. The smallest absolute Gasteiger partial charge is 0.378 e. The molecule has 0 atom stereocenters. The standard InChI is InChI=1S/C18H16F4N2O2/c19-14-6-5-12(18(20,21)22)11-15(14)23-17(25)13-3-1-2-4-16(13)24-7-9-26-10-8-24/h1-6,11H,7-10H2,(H,23,25). The summed E-state index contributed by atoms with van der Waals surface area (Å²) in [4.78, 5) is 14.5. The number of benzene rings is 2. The molecule has 1 amide bonds. The molecule has 3 rings (SSSR count). The first kappa shape index (κ1) is 18.2. The Labute approximate surface area is 147 Å². The van der Waals surface area contributed by atoms with Crippen molar-refractivity contribution in [2.75, 3.05) is 36.5 Å². The maximum absolute atomic E-state index is 13.9. The van der Waals surface area contributed by atoms with Crippen molar-refractivity contribution in [3.05, 3.63) is 59.4 Å². The van der Waals surface area contributed by atoms with Crippen molar-refractivity contribution in [3.63, 3.8) is 0 Å². The molecule has 8 heteroatoms. The first-order chi connectivity index (χ1) is 12.4. The summed E-state index contributed by atoms with van der Waals surface area (Å²) in [5.74, 6) is -1.61. The number of para-hydroxylation sites is 1. The van der Waals surface area contributed by atoms with E-state index in [1.807, 2.05) is 4.90 Å². The fraction of sp³-hybridized carbons (Fsp3) is 0.278. The second-order valence-corrected chi connectivity index (χ2v) is 5.76. The zero-order valence-corrected chi connectivity index (χ0v) is 13.6. The highest BCUT2D eigenvalue weighted by atomic mass is 19.4. The Morgan fingerprint density at radius 3 is 2.46 bits per heavy atom. The largest absolute Gasteiger partial charge is 0.416 e. The van der Waals surface area contributed by atoms with Crippen molar-refractivity contribution >= 4 is 17.3 Å².